The SMILES string of the molecule is COc1ccc(C(C)=O)cc1CN1CCCC[C@@H]1c1nc2ccccc2s1. The molecule has 1 aromatic heterocycles. The van der Waals surface area contributed by atoms with Crippen LogP contribution in [-0.4, -0.2) is 29.3 Å². The molecule has 0 saturated carbocycles. The number of hydrogen-bond donors (Lipinski definition) is 0. The van der Waals surface area contributed by atoms with Gasteiger partial charge in [0.25, 0.3) is 0 Å². The monoisotopic (exact) mass is 380 g/mol. The molecule has 0 unspecified atom stereocenters. The highest BCUT2D eigenvalue weighted by Gasteiger charge is 2.27. The Bertz CT molecular complexity index is 933. The van der Waals surface area contributed by atoms with Crippen LogP contribution < -0.4 is 4.74 Å². The fourth-order valence-corrected chi connectivity index (χ4v) is 4.97. The number of Topliss-reactive ketones (excluding diaryl/α,β-unsaturated/α-hetero) is 1. The van der Waals surface area contributed by atoms with Crippen LogP contribution in [0.4, 0.5) is 0 Å². The lowest BCUT2D eigenvalue weighted by Gasteiger charge is -2.34. The Kier molecular flexibility index (Phi) is 5.23. The van der Waals surface area contributed by atoms with Gasteiger partial charge in [-0.1, -0.05) is 18.6 Å². The van der Waals surface area contributed by atoms with Crippen LogP contribution in [-0.2, 0) is 6.54 Å². The molecule has 0 radical (unpaired) electrons. The van der Waals surface area contributed by atoms with Crippen molar-refractivity contribution < 1.29 is 9.53 Å². The van der Waals surface area contributed by atoms with Crippen molar-refractivity contribution >= 4 is 27.3 Å². The summed E-state index contributed by atoms with van der Waals surface area (Å²) in [5.41, 5.74) is 2.89. The number of nitrogens with zero attached hydrogens (tertiary/aromatic N) is 2. The third-order valence-corrected chi connectivity index (χ3v) is 6.41. The summed E-state index contributed by atoms with van der Waals surface area (Å²) in [5, 5.41) is 1.19. The fourth-order valence-electron chi connectivity index (χ4n) is 3.83. The molecule has 0 amide bonds. The summed E-state index contributed by atoms with van der Waals surface area (Å²) in [6.45, 7) is 3.41. The van der Waals surface area contributed by atoms with Gasteiger partial charge in [-0.25, -0.2) is 4.98 Å². The van der Waals surface area contributed by atoms with Crippen molar-refractivity contribution in [2.75, 3.05) is 13.7 Å². The number of ketones is 1. The van der Waals surface area contributed by atoms with Crippen LogP contribution in [0, 0.1) is 0 Å². The van der Waals surface area contributed by atoms with Gasteiger partial charge in [-0.3, -0.25) is 9.69 Å². The van der Waals surface area contributed by atoms with E-state index >= 15 is 0 Å². The maximum atomic E-state index is 11.8. The van der Waals surface area contributed by atoms with E-state index in [1.54, 1.807) is 25.4 Å². The summed E-state index contributed by atoms with van der Waals surface area (Å²) in [7, 11) is 1.69. The van der Waals surface area contributed by atoms with Crippen molar-refractivity contribution in [3.8, 4) is 5.75 Å². The van der Waals surface area contributed by atoms with Gasteiger partial charge in [0, 0.05) is 17.7 Å². The number of fused-ring (bicyclic) bond motifs is 1. The van der Waals surface area contributed by atoms with Crippen LogP contribution in [0.5, 0.6) is 5.75 Å². The Morgan fingerprint density at radius 3 is 2.89 bits per heavy atom. The Hall–Kier alpha value is -2.24. The number of carbonyl (C=O) groups excluding carboxylic acids is 1. The zero-order chi connectivity index (χ0) is 18.8. The van der Waals surface area contributed by atoms with Crippen molar-refractivity contribution in [1.82, 2.24) is 9.88 Å². The summed E-state index contributed by atoms with van der Waals surface area (Å²) in [6, 6.07) is 14.4. The first-order valence-electron chi connectivity index (χ1n) is 9.43. The van der Waals surface area contributed by atoms with Crippen molar-refractivity contribution in [3.05, 3.63) is 58.6 Å². The minimum absolute atomic E-state index is 0.0836. The maximum absolute atomic E-state index is 11.8. The van der Waals surface area contributed by atoms with Gasteiger partial charge >= 0.3 is 0 Å². The van der Waals surface area contributed by atoms with Gasteiger partial charge in [0.15, 0.2) is 5.78 Å². The van der Waals surface area contributed by atoms with E-state index in [9.17, 15) is 4.79 Å². The smallest absolute Gasteiger partial charge is 0.159 e. The van der Waals surface area contributed by atoms with Crippen molar-refractivity contribution in [1.29, 1.82) is 0 Å². The van der Waals surface area contributed by atoms with Crippen LogP contribution in [0.25, 0.3) is 10.2 Å². The number of ether oxygens (including phenoxy) is 1. The zero-order valence-corrected chi connectivity index (χ0v) is 16.6. The van der Waals surface area contributed by atoms with Gasteiger partial charge in [-0.2, -0.15) is 0 Å². The summed E-state index contributed by atoms with van der Waals surface area (Å²) in [6.07, 6.45) is 3.53. The molecule has 1 saturated heterocycles. The number of hydrogen-bond acceptors (Lipinski definition) is 5. The quantitative estimate of drug-likeness (QED) is 0.568. The van der Waals surface area contributed by atoms with E-state index in [1.807, 2.05) is 24.3 Å². The average Bonchev–Trinajstić information content (AvgIpc) is 3.12. The molecule has 1 aliphatic rings. The van der Waals surface area contributed by atoms with Crippen LogP contribution >= 0.6 is 11.3 Å². The maximum Gasteiger partial charge on any atom is 0.159 e. The third-order valence-electron chi connectivity index (χ3n) is 5.27. The predicted molar refractivity (Wildman–Crippen MR) is 110 cm³/mol. The summed E-state index contributed by atoms with van der Waals surface area (Å²) in [5.74, 6) is 0.925. The number of methoxy groups -OCH3 is 1. The van der Waals surface area contributed by atoms with E-state index in [0.29, 0.717) is 6.04 Å². The molecule has 0 aliphatic carbocycles. The van der Waals surface area contributed by atoms with Gasteiger partial charge in [0.05, 0.1) is 23.4 Å². The molecule has 0 spiro atoms. The Morgan fingerprint density at radius 2 is 2.11 bits per heavy atom. The first kappa shape index (κ1) is 18.1. The molecule has 0 N–H and O–H groups in total. The molecule has 0 bridgehead atoms. The summed E-state index contributed by atoms with van der Waals surface area (Å²) < 4.78 is 6.80. The molecule has 4 rings (SSSR count). The number of aromatic nitrogens is 1. The van der Waals surface area contributed by atoms with Gasteiger partial charge in [-0.15, -0.1) is 11.3 Å². The minimum atomic E-state index is 0.0836. The van der Waals surface area contributed by atoms with Gasteiger partial charge in [-0.05, 0) is 56.6 Å². The van der Waals surface area contributed by atoms with Crippen LogP contribution in [0.1, 0.15) is 53.2 Å². The van der Waals surface area contributed by atoms with Crippen molar-refractivity contribution in [2.45, 2.75) is 38.8 Å². The molecule has 27 heavy (non-hydrogen) atoms. The van der Waals surface area contributed by atoms with E-state index in [0.717, 1.165) is 41.9 Å². The van der Waals surface area contributed by atoms with E-state index in [-0.39, 0.29) is 5.78 Å². The van der Waals surface area contributed by atoms with E-state index in [4.69, 9.17) is 9.72 Å². The number of benzene rings is 2. The van der Waals surface area contributed by atoms with Crippen LogP contribution in [0.15, 0.2) is 42.5 Å². The number of carbonyl (C=O) groups is 1. The van der Waals surface area contributed by atoms with Crippen LogP contribution in [0.2, 0.25) is 0 Å². The molecule has 3 aromatic rings. The Labute approximate surface area is 163 Å². The standard InChI is InChI=1S/C22H24N2O2S/c1-15(25)16-10-11-20(26-2)17(13-16)14-24-12-6-5-8-19(24)22-23-18-7-3-4-9-21(18)27-22/h3-4,7,9-11,13,19H,5-6,8,12,14H2,1-2H3/t19-/m1/s1. The molecule has 1 fully saturated rings. The van der Waals surface area contributed by atoms with E-state index in [2.05, 4.69) is 23.1 Å². The third kappa shape index (κ3) is 3.75. The number of rotatable bonds is 5. The predicted octanol–water partition coefficient (Wildman–Crippen LogP) is 5.23. The average molecular weight is 381 g/mol. The molecular formula is C22H24N2O2S. The lowest BCUT2D eigenvalue weighted by atomic mass is 10.00. The first-order valence-corrected chi connectivity index (χ1v) is 10.2. The van der Waals surface area contributed by atoms with Gasteiger partial charge < -0.3 is 4.74 Å². The molecule has 2 heterocycles. The van der Waals surface area contributed by atoms with Gasteiger partial charge in [0.1, 0.15) is 10.8 Å². The topological polar surface area (TPSA) is 42.4 Å². The highest BCUT2D eigenvalue weighted by atomic mass is 32.1. The normalized spacial score (nSPS) is 17.9. The molecule has 5 heteroatoms. The zero-order valence-electron chi connectivity index (χ0n) is 15.8. The van der Waals surface area contributed by atoms with Crippen LogP contribution in [0.3, 0.4) is 0 Å². The Morgan fingerprint density at radius 1 is 1.26 bits per heavy atom. The highest BCUT2D eigenvalue weighted by Crippen LogP contribution is 2.37. The van der Waals surface area contributed by atoms with E-state index < -0.39 is 0 Å². The summed E-state index contributed by atoms with van der Waals surface area (Å²) in [4.78, 5) is 19.2. The lowest BCUT2D eigenvalue weighted by molar-refractivity contribution is 0.101. The summed E-state index contributed by atoms with van der Waals surface area (Å²) >= 11 is 1.80. The molecule has 140 valence electrons. The number of piperidine rings is 1. The highest BCUT2D eigenvalue weighted by molar-refractivity contribution is 7.18. The van der Waals surface area contributed by atoms with Gasteiger partial charge in [0.2, 0.25) is 0 Å². The second-order valence-electron chi connectivity index (χ2n) is 7.08. The second kappa shape index (κ2) is 7.79. The van der Waals surface area contributed by atoms with E-state index in [1.165, 1.54) is 22.5 Å². The van der Waals surface area contributed by atoms with Crippen molar-refractivity contribution in [3.63, 3.8) is 0 Å². The minimum Gasteiger partial charge on any atom is -0.496 e. The molecule has 4 nitrogen and oxygen atoms in total. The fraction of sp³-hybridized carbons (Fsp3) is 0.364. The molecule has 1 atom stereocenters. The van der Waals surface area contributed by atoms with Crippen molar-refractivity contribution in [2.24, 2.45) is 0 Å². The first-order chi connectivity index (χ1) is 13.2. The second-order valence-corrected chi connectivity index (χ2v) is 8.15. The number of thiazole rings is 1. The number of para-hydroxylation sites is 1. The molecule has 1 aliphatic heterocycles. The molecular weight excluding hydrogens is 356 g/mol. The molecule has 2 aromatic carbocycles. The number of likely N-dealkylation sites (tertiary alicyclic amines) is 1. The lowest BCUT2D eigenvalue weighted by Crippen LogP contribution is -2.33. The largest absolute Gasteiger partial charge is 0.496 e. The Balaban J connectivity index is 1.65.